The van der Waals surface area contributed by atoms with Crippen LogP contribution in [-0.4, -0.2) is 36.1 Å². The molecular formula is C19H23NO2. The minimum atomic E-state index is -0.123. The van der Waals surface area contributed by atoms with E-state index in [2.05, 4.69) is 13.0 Å². The van der Waals surface area contributed by atoms with Gasteiger partial charge in [-0.05, 0) is 37.8 Å². The van der Waals surface area contributed by atoms with Crippen LogP contribution < -0.4 is 0 Å². The first-order valence-electron chi connectivity index (χ1n) is 8.01. The van der Waals surface area contributed by atoms with E-state index in [9.17, 15) is 4.79 Å². The Morgan fingerprint density at radius 3 is 2.64 bits per heavy atom. The van der Waals surface area contributed by atoms with Gasteiger partial charge in [0.15, 0.2) is 0 Å². The standard InChI is InChI=1S/C19H23NO2/c1-16-9-14-22-19(15-16)10-12-20(13-11-19)18(21)8-7-17-5-3-2-4-6-17/h2-8,15H,9-14H2,1H3. The lowest BCUT2D eigenvalue weighted by Gasteiger charge is -2.41. The molecule has 116 valence electrons. The third kappa shape index (κ3) is 3.47. The molecule has 1 saturated heterocycles. The van der Waals surface area contributed by atoms with Gasteiger partial charge >= 0.3 is 0 Å². The van der Waals surface area contributed by atoms with Crippen LogP contribution in [0, 0.1) is 0 Å². The lowest BCUT2D eigenvalue weighted by atomic mass is 9.87. The monoisotopic (exact) mass is 297 g/mol. The molecule has 1 fully saturated rings. The van der Waals surface area contributed by atoms with Crippen LogP contribution in [0.2, 0.25) is 0 Å². The van der Waals surface area contributed by atoms with Gasteiger partial charge in [0.25, 0.3) is 0 Å². The van der Waals surface area contributed by atoms with Crippen molar-refractivity contribution in [2.75, 3.05) is 19.7 Å². The molecular weight excluding hydrogens is 274 g/mol. The zero-order valence-electron chi connectivity index (χ0n) is 13.1. The predicted octanol–water partition coefficient (Wildman–Crippen LogP) is 3.43. The Balaban J connectivity index is 1.58. The zero-order chi connectivity index (χ0) is 15.4. The first-order valence-corrected chi connectivity index (χ1v) is 8.01. The number of carbonyl (C=O) groups excluding carboxylic acids is 1. The number of hydrogen-bond acceptors (Lipinski definition) is 2. The second-order valence-electron chi connectivity index (χ2n) is 6.22. The van der Waals surface area contributed by atoms with Gasteiger partial charge in [0.1, 0.15) is 0 Å². The molecule has 3 nitrogen and oxygen atoms in total. The molecule has 2 heterocycles. The summed E-state index contributed by atoms with van der Waals surface area (Å²) in [5.74, 6) is 0.0928. The van der Waals surface area contributed by atoms with Crippen LogP contribution in [0.4, 0.5) is 0 Å². The van der Waals surface area contributed by atoms with Crippen LogP contribution in [0.25, 0.3) is 6.08 Å². The molecule has 3 rings (SSSR count). The Hall–Kier alpha value is -1.87. The fourth-order valence-electron chi connectivity index (χ4n) is 3.21. The molecule has 1 aromatic rings. The van der Waals surface area contributed by atoms with Crippen LogP contribution in [-0.2, 0) is 9.53 Å². The minimum Gasteiger partial charge on any atom is -0.370 e. The number of rotatable bonds is 2. The van der Waals surface area contributed by atoms with Gasteiger partial charge in [-0.2, -0.15) is 0 Å². The van der Waals surface area contributed by atoms with E-state index >= 15 is 0 Å². The van der Waals surface area contributed by atoms with Crippen LogP contribution >= 0.6 is 0 Å². The van der Waals surface area contributed by atoms with E-state index < -0.39 is 0 Å². The van der Waals surface area contributed by atoms with Crippen LogP contribution in [0.3, 0.4) is 0 Å². The zero-order valence-corrected chi connectivity index (χ0v) is 13.1. The third-order valence-corrected chi connectivity index (χ3v) is 4.53. The smallest absolute Gasteiger partial charge is 0.246 e. The summed E-state index contributed by atoms with van der Waals surface area (Å²) in [5, 5.41) is 0. The number of piperidine rings is 1. The van der Waals surface area contributed by atoms with Gasteiger partial charge in [-0.1, -0.05) is 42.0 Å². The summed E-state index contributed by atoms with van der Waals surface area (Å²) >= 11 is 0. The van der Waals surface area contributed by atoms with Gasteiger partial charge in [0.2, 0.25) is 5.91 Å². The Morgan fingerprint density at radius 2 is 1.95 bits per heavy atom. The van der Waals surface area contributed by atoms with Crippen molar-refractivity contribution in [2.24, 2.45) is 0 Å². The second-order valence-corrected chi connectivity index (χ2v) is 6.22. The van der Waals surface area contributed by atoms with E-state index in [0.29, 0.717) is 0 Å². The fourth-order valence-corrected chi connectivity index (χ4v) is 3.21. The van der Waals surface area contributed by atoms with E-state index in [-0.39, 0.29) is 11.5 Å². The molecule has 0 radical (unpaired) electrons. The number of ether oxygens (including phenoxy) is 1. The maximum atomic E-state index is 12.3. The summed E-state index contributed by atoms with van der Waals surface area (Å²) in [4.78, 5) is 14.2. The van der Waals surface area contributed by atoms with Gasteiger partial charge in [-0.3, -0.25) is 4.79 Å². The molecule has 2 aliphatic heterocycles. The lowest BCUT2D eigenvalue weighted by molar-refractivity contribution is -0.131. The molecule has 0 bridgehead atoms. The van der Waals surface area contributed by atoms with Crippen molar-refractivity contribution in [3.63, 3.8) is 0 Å². The summed E-state index contributed by atoms with van der Waals surface area (Å²) < 4.78 is 6.00. The summed E-state index contributed by atoms with van der Waals surface area (Å²) in [6.45, 7) is 4.51. The van der Waals surface area contributed by atoms with Crippen molar-refractivity contribution < 1.29 is 9.53 Å². The maximum Gasteiger partial charge on any atom is 0.246 e. The van der Waals surface area contributed by atoms with Crippen molar-refractivity contribution in [1.82, 2.24) is 4.90 Å². The van der Waals surface area contributed by atoms with Gasteiger partial charge in [0.05, 0.1) is 12.2 Å². The first-order chi connectivity index (χ1) is 10.7. The predicted molar refractivity (Wildman–Crippen MR) is 88.3 cm³/mol. The highest BCUT2D eigenvalue weighted by Gasteiger charge is 2.36. The van der Waals surface area contributed by atoms with E-state index in [1.165, 1.54) is 5.57 Å². The molecule has 0 unspecified atom stereocenters. The third-order valence-electron chi connectivity index (χ3n) is 4.53. The summed E-state index contributed by atoms with van der Waals surface area (Å²) in [7, 11) is 0. The van der Waals surface area contributed by atoms with Gasteiger partial charge < -0.3 is 9.64 Å². The SMILES string of the molecule is CC1=CC2(CCN(C(=O)C=Cc3ccccc3)CC2)OCC1. The van der Waals surface area contributed by atoms with Crippen molar-refractivity contribution >= 4 is 12.0 Å². The van der Waals surface area contributed by atoms with Crippen LogP contribution in [0.1, 0.15) is 31.7 Å². The van der Waals surface area contributed by atoms with Crippen molar-refractivity contribution in [3.05, 3.63) is 53.6 Å². The normalized spacial score (nSPS) is 21.1. The molecule has 1 amide bonds. The highest BCUT2D eigenvalue weighted by molar-refractivity contribution is 5.91. The Morgan fingerprint density at radius 1 is 1.23 bits per heavy atom. The molecule has 2 aliphatic rings. The number of carbonyl (C=O) groups is 1. The van der Waals surface area contributed by atoms with Crippen LogP contribution in [0.15, 0.2) is 48.1 Å². The highest BCUT2D eigenvalue weighted by Crippen LogP contribution is 2.33. The van der Waals surface area contributed by atoms with Crippen molar-refractivity contribution in [1.29, 1.82) is 0 Å². The highest BCUT2D eigenvalue weighted by atomic mass is 16.5. The number of likely N-dealkylation sites (tertiary alicyclic amines) is 1. The number of hydrogen-bond donors (Lipinski definition) is 0. The van der Waals surface area contributed by atoms with Gasteiger partial charge in [-0.25, -0.2) is 0 Å². The molecule has 3 heteroatoms. The number of nitrogens with zero attached hydrogens (tertiary/aromatic N) is 1. The van der Waals surface area contributed by atoms with E-state index in [4.69, 9.17) is 4.74 Å². The van der Waals surface area contributed by atoms with Gasteiger partial charge in [-0.15, -0.1) is 0 Å². The Labute approximate surface area is 132 Å². The van der Waals surface area contributed by atoms with Gasteiger partial charge in [0, 0.05) is 19.2 Å². The average molecular weight is 297 g/mol. The van der Waals surface area contributed by atoms with E-state index in [0.717, 1.165) is 44.5 Å². The molecule has 0 atom stereocenters. The number of amides is 1. The molecule has 0 aromatic heterocycles. The molecule has 1 aromatic carbocycles. The molecule has 22 heavy (non-hydrogen) atoms. The minimum absolute atomic E-state index is 0.0928. The Kier molecular flexibility index (Phi) is 4.44. The quantitative estimate of drug-likeness (QED) is 0.618. The van der Waals surface area contributed by atoms with Crippen molar-refractivity contribution in [2.45, 2.75) is 31.8 Å². The second kappa shape index (κ2) is 6.49. The largest absolute Gasteiger partial charge is 0.370 e. The maximum absolute atomic E-state index is 12.3. The summed E-state index contributed by atoms with van der Waals surface area (Å²) in [6, 6.07) is 9.92. The fraction of sp³-hybridized carbons (Fsp3) is 0.421. The average Bonchev–Trinajstić information content (AvgIpc) is 2.54. The number of benzene rings is 1. The Bertz CT molecular complexity index is 581. The molecule has 0 N–H and O–H groups in total. The van der Waals surface area contributed by atoms with E-state index in [1.54, 1.807) is 6.08 Å². The van der Waals surface area contributed by atoms with Crippen LogP contribution in [0.5, 0.6) is 0 Å². The lowest BCUT2D eigenvalue weighted by Crippen LogP contribution is -2.47. The molecule has 0 aliphatic carbocycles. The topological polar surface area (TPSA) is 29.5 Å². The van der Waals surface area contributed by atoms with E-state index in [1.807, 2.05) is 41.3 Å². The molecule has 0 saturated carbocycles. The van der Waals surface area contributed by atoms with Crippen molar-refractivity contribution in [3.8, 4) is 0 Å². The molecule has 1 spiro atoms. The first kappa shape index (κ1) is 15.0. The summed E-state index contributed by atoms with van der Waals surface area (Å²) in [6.07, 6.45) is 8.66. The summed E-state index contributed by atoms with van der Waals surface area (Å²) in [5.41, 5.74) is 2.34.